The summed E-state index contributed by atoms with van der Waals surface area (Å²) in [5.74, 6) is 0.836. The molecule has 2 heteroatoms. The number of hydrogen-bond acceptors (Lipinski definition) is 2. The third kappa shape index (κ3) is 2.39. The fourth-order valence-corrected chi connectivity index (χ4v) is 1.73. The van der Waals surface area contributed by atoms with Gasteiger partial charge in [-0.1, -0.05) is 11.6 Å². The quantitative estimate of drug-likeness (QED) is 0.815. The molecule has 2 nitrogen and oxygen atoms in total. The van der Waals surface area contributed by atoms with Gasteiger partial charge in [-0.3, -0.25) is 0 Å². The predicted octanol–water partition coefficient (Wildman–Crippen LogP) is 3.05. The molecule has 1 N–H and O–H groups in total. The first-order valence-electron chi connectivity index (χ1n) is 5.15. The Morgan fingerprint density at radius 2 is 2.00 bits per heavy atom. The van der Waals surface area contributed by atoms with E-state index in [4.69, 9.17) is 4.42 Å². The average molecular weight is 204 g/mol. The first-order valence-corrected chi connectivity index (χ1v) is 5.15. The molecule has 1 aromatic carbocycles. The zero-order chi connectivity index (χ0) is 11.1. The summed E-state index contributed by atoms with van der Waals surface area (Å²) in [6, 6.07) is 8.09. The molecule has 0 saturated heterocycles. The summed E-state index contributed by atoms with van der Waals surface area (Å²) in [5.41, 5.74) is 1.39. The van der Waals surface area contributed by atoms with Crippen LogP contribution in [0.5, 0.6) is 0 Å². The lowest BCUT2D eigenvalue weighted by Crippen LogP contribution is -2.21. The van der Waals surface area contributed by atoms with E-state index in [9.17, 15) is 5.11 Å². The Bertz CT molecular complexity index is 475. The van der Waals surface area contributed by atoms with Gasteiger partial charge in [0.15, 0.2) is 0 Å². The normalized spacial score (nSPS) is 12.3. The van der Waals surface area contributed by atoms with Crippen LogP contribution in [0.4, 0.5) is 0 Å². The third-order valence-electron chi connectivity index (χ3n) is 2.33. The van der Waals surface area contributed by atoms with E-state index in [1.807, 2.05) is 18.2 Å². The van der Waals surface area contributed by atoms with Gasteiger partial charge < -0.3 is 9.52 Å². The highest BCUT2D eigenvalue weighted by molar-refractivity contribution is 5.78. The van der Waals surface area contributed by atoms with E-state index in [1.165, 1.54) is 5.56 Å². The molecule has 1 aromatic heterocycles. The van der Waals surface area contributed by atoms with Gasteiger partial charge in [-0.05, 0) is 39.0 Å². The van der Waals surface area contributed by atoms with Gasteiger partial charge >= 0.3 is 0 Å². The van der Waals surface area contributed by atoms with Crippen LogP contribution >= 0.6 is 0 Å². The zero-order valence-electron chi connectivity index (χ0n) is 9.37. The van der Waals surface area contributed by atoms with Crippen LogP contribution in [-0.2, 0) is 6.42 Å². The molecular formula is C13H16O2. The minimum Gasteiger partial charge on any atom is -0.461 e. The minimum absolute atomic E-state index is 0.542. The van der Waals surface area contributed by atoms with Gasteiger partial charge in [0.2, 0.25) is 0 Å². The summed E-state index contributed by atoms with van der Waals surface area (Å²) < 4.78 is 5.64. The Kier molecular flexibility index (Phi) is 2.31. The molecule has 2 aromatic rings. The molecule has 0 aliphatic heterocycles. The van der Waals surface area contributed by atoms with Crippen LogP contribution in [0.1, 0.15) is 25.2 Å². The molecule has 0 aliphatic rings. The summed E-state index contributed by atoms with van der Waals surface area (Å²) in [5, 5.41) is 10.8. The van der Waals surface area contributed by atoms with E-state index in [0.29, 0.717) is 6.42 Å². The van der Waals surface area contributed by atoms with Crippen molar-refractivity contribution in [2.45, 2.75) is 32.8 Å². The minimum atomic E-state index is -0.719. The molecule has 0 atom stereocenters. The number of aliphatic hydroxyl groups is 1. The van der Waals surface area contributed by atoms with Crippen LogP contribution in [-0.4, -0.2) is 10.7 Å². The Morgan fingerprint density at radius 1 is 1.27 bits per heavy atom. The third-order valence-corrected chi connectivity index (χ3v) is 2.33. The summed E-state index contributed by atoms with van der Waals surface area (Å²) in [7, 11) is 0. The van der Waals surface area contributed by atoms with Crippen molar-refractivity contribution in [1.82, 2.24) is 0 Å². The second-order valence-electron chi connectivity index (χ2n) is 4.74. The maximum Gasteiger partial charge on any atom is 0.134 e. The zero-order valence-corrected chi connectivity index (χ0v) is 9.37. The van der Waals surface area contributed by atoms with Crippen molar-refractivity contribution < 1.29 is 9.52 Å². The highest BCUT2D eigenvalue weighted by atomic mass is 16.3. The molecule has 1 heterocycles. The molecule has 0 saturated carbocycles. The van der Waals surface area contributed by atoms with Crippen molar-refractivity contribution in [3.05, 3.63) is 35.6 Å². The molecule has 15 heavy (non-hydrogen) atoms. The Hall–Kier alpha value is -1.28. The summed E-state index contributed by atoms with van der Waals surface area (Å²) in [6.07, 6.45) is 0.542. The van der Waals surface area contributed by atoms with Crippen LogP contribution in [0, 0.1) is 6.92 Å². The van der Waals surface area contributed by atoms with Gasteiger partial charge in [-0.15, -0.1) is 0 Å². The first-order chi connectivity index (χ1) is 6.94. The molecule has 2 rings (SSSR count). The van der Waals surface area contributed by atoms with Crippen molar-refractivity contribution in [1.29, 1.82) is 0 Å². The lowest BCUT2D eigenvalue weighted by Gasteiger charge is -2.14. The highest BCUT2D eigenvalue weighted by Crippen LogP contribution is 2.23. The first kappa shape index (κ1) is 10.2. The van der Waals surface area contributed by atoms with Crippen LogP contribution in [0.25, 0.3) is 11.0 Å². The van der Waals surface area contributed by atoms with E-state index in [-0.39, 0.29) is 0 Å². The van der Waals surface area contributed by atoms with E-state index in [2.05, 4.69) is 13.0 Å². The van der Waals surface area contributed by atoms with E-state index < -0.39 is 5.60 Å². The Balaban J connectivity index is 2.39. The van der Waals surface area contributed by atoms with Crippen LogP contribution in [0.3, 0.4) is 0 Å². The fourth-order valence-electron chi connectivity index (χ4n) is 1.73. The number of furan rings is 1. The smallest absolute Gasteiger partial charge is 0.134 e. The number of fused-ring (bicyclic) bond motifs is 1. The number of hydrogen-bond donors (Lipinski definition) is 1. The second-order valence-corrected chi connectivity index (χ2v) is 4.74. The monoisotopic (exact) mass is 204 g/mol. The SMILES string of the molecule is Cc1ccc2oc(CC(C)(C)O)cc2c1. The van der Waals surface area contributed by atoms with Crippen LogP contribution in [0.15, 0.2) is 28.7 Å². The maximum atomic E-state index is 9.69. The Morgan fingerprint density at radius 3 is 2.67 bits per heavy atom. The van der Waals surface area contributed by atoms with Gasteiger partial charge in [-0.25, -0.2) is 0 Å². The van der Waals surface area contributed by atoms with Crippen molar-refractivity contribution in [3.8, 4) is 0 Å². The van der Waals surface area contributed by atoms with Gasteiger partial charge in [0.05, 0.1) is 5.60 Å². The van der Waals surface area contributed by atoms with Crippen LogP contribution in [0.2, 0.25) is 0 Å². The second kappa shape index (κ2) is 3.38. The maximum absolute atomic E-state index is 9.69. The molecule has 0 fully saturated rings. The summed E-state index contributed by atoms with van der Waals surface area (Å²) >= 11 is 0. The van der Waals surface area contributed by atoms with Gasteiger partial charge in [0.25, 0.3) is 0 Å². The van der Waals surface area contributed by atoms with Gasteiger partial charge in [-0.2, -0.15) is 0 Å². The summed E-state index contributed by atoms with van der Waals surface area (Å²) in [6.45, 7) is 5.62. The largest absolute Gasteiger partial charge is 0.461 e. The fraction of sp³-hybridized carbons (Fsp3) is 0.385. The topological polar surface area (TPSA) is 33.4 Å². The van der Waals surface area contributed by atoms with Gasteiger partial charge in [0, 0.05) is 11.8 Å². The number of rotatable bonds is 2. The van der Waals surface area contributed by atoms with E-state index >= 15 is 0 Å². The van der Waals surface area contributed by atoms with Crippen molar-refractivity contribution in [3.63, 3.8) is 0 Å². The van der Waals surface area contributed by atoms with E-state index in [1.54, 1.807) is 13.8 Å². The number of benzene rings is 1. The lowest BCUT2D eigenvalue weighted by atomic mass is 10.0. The van der Waals surface area contributed by atoms with Gasteiger partial charge in [0.1, 0.15) is 11.3 Å². The molecule has 0 bridgehead atoms. The molecule has 0 spiro atoms. The Labute approximate surface area is 89.5 Å². The predicted molar refractivity (Wildman–Crippen MR) is 61.0 cm³/mol. The molecular weight excluding hydrogens is 188 g/mol. The van der Waals surface area contributed by atoms with Crippen molar-refractivity contribution in [2.75, 3.05) is 0 Å². The number of aryl methyl sites for hydroxylation is 1. The van der Waals surface area contributed by atoms with Crippen LogP contribution < -0.4 is 0 Å². The molecule has 0 unspecified atom stereocenters. The van der Waals surface area contributed by atoms with Crippen molar-refractivity contribution in [2.24, 2.45) is 0 Å². The highest BCUT2D eigenvalue weighted by Gasteiger charge is 2.16. The standard InChI is InChI=1S/C13H16O2/c1-9-4-5-12-10(6-9)7-11(15-12)8-13(2,3)14/h4-7,14H,8H2,1-3H3. The lowest BCUT2D eigenvalue weighted by molar-refractivity contribution is 0.0757. The molecule has 0 amide bonds. The average Bonchev–Trinajstić information content (AvgIpc) is 2.42. The molecule has 0 radical (unpaired) electrons. The molecule has 0 aliphatic carbocycles. The summed E-state index contributed by atoms with van der Waals surface area (Å²) in [4.78, 5) is 0. The van der Waals surface area contributed by atoms with E-state index in [0.717, 1.165) is 16.7 Å². The van der Waals surface area contributed by atoms with Crippen molar-refractivity contribution >= 4 is 11.0 Å². The molecule has 80 valence electrons.